The number of ether oxygens (including phenoxy) is 2. The molecule has 0 fully saturated rings. The molecule has 36 heavy (non-hydrogen) atoms. The Kier molecular flexibility index (Phi) is 6.47. The lowest BCUT2D eigenvalue weighted by atomic mass is 10.00. The van der Waals surface area contributed by atoms with Crippen LogP contribution >= 0.6 is 0 Å². The molecule has 192 valence electrons. The van der Waals surface area contributed by atoms with Crippen LogP contribution in [-0.4, -0.2) is 43.0 Å². The number of aliphatic hydroxyl groups excluding tert-OH is 1. The predicted octanol–water partition coefficient (Wildman–Crippen LogP) is 2.86. The first kappa shape index (κ1) is 25.2. The summed E-state index contributed by atoms with van der Waals surface area (Å²) >= 11 is 0. The summed E-state index contributed by atoms with van der Waals surface area (Å²) in [5.74, 6) is -1.19. The van der Waals surface area contributed by atoms with Crippen molar-refractivity contribution in [2.24, 2.45) is 12.5 Å². The third-order valence-corrected chi connectivity index (χ3v) is 5.69. The van der Waals surface area contributed by atoms with E-state index in [0.717, 1.165) is 27.5 Å². The van der Waals surface area contributed by atoms with E-state index in [1.807, 2.05) is 0 Å². The van der Waals surface area contributed by atoms with Gasteiger partial charge in [0.15, 0.2) is 11.2 Å². The summed E-state index contributed by atoms with van der Waals surface area (Å²) in [6.45, 7) is -0.574. The van der Waals surface area contributed by atoms with E-state index in [1.165, 1.54) is 29.8 Å². The Morgan fingerprint density at radius 1 is 1.22 bits per heavy atom. The van der Waals surface area contributed by atoms with E-state index < -0.39 is 34.6 Å². The second kappa shape index (κ2) is 9.26. The molecule has 0 spiro atoms. The maximum Gasteiger partial charge on any atom is 0.573 e. The molecule has 10 nitrogen and oxygen atoms in total. The van der Waals surface area contributed by atoms with Gasteiger partial charge in [0.1, 0.15) is 17.3 Å². The minimum atomic E-state index is -4.93. The summed E-state index contributed by atoms with van der Waals surface area (Å²) in [6, 6.07) is 4.32. The third kappa shape index (κ3) is 4.76. The monoisotopic (exact) mass is 511 g/mol. The van der Waals surface area contributed by atoms with Gasteiger partial charge in [-0.3, -0.25) is 18.5 Å². The van der Waals surface area contributed by atoms with Crippen LogP contribution in [0.4, 0.5) is 17.6 Å². The van der Waals surface area contributed by atoms with E-state index in [0.29, 0.717) is 0 Å². The molecule has 2 heterocycles. The molecule has 4 rings (SSSR count). The van der Waals surface area contributed by atoms with E-state index in [-0.39, 0.29) is 55.5 Å². The molecule has 1 unspecified atom stereocenters. The van der Waals surface area contributed by atoms with Gasteiger partial charge in [-0.15, -0.1) is 13.2 Å². The molecule has 0 saturated carbocycles. The average molecular weight is 511 g/mol. The van der Waals surface area contributed by atoms with Crippen LogP contribution in [0.25, 0.3) is 11.2 Å². The summed E-state index contributed by atoms with van der Waals surface area (Å²) in [5, 5.41) is 16.5. The molecular weight excluding hydrogens is 490 g/mol. The number of imidazole rings is 1. The van der Waals surface area contributed by atoms with Gasteiger partial charge in [0.2, 0.25) is 0 Å². The highest BCUT2D eigenvalue weighted by Gasteiger charge is 2.46. The zero-order valence-corrected chi connectivity index (χ0v) is 18.9. The van der Waals surface area contributed by atoms with E-state index >= 15 is 0 Å². The number of fused-ring (bicyclic) bond motifs is 1. The zero-order chi connectivity index (χ0) is 26.3. The lowest BCUT2D eigenvalue weighted by molar-refractivity contribution is -0.274. The van der Waals surface area contributed by atoms with E-state index in [9.17, 15) is 27.2 Å². The number of halogens is 4. The summed E-state index contributed by atoms with van der Waals surface area (Å²) in [6.07, 6.45) is -2.54. The number of rotatable bonds is 10. The first-order valence-corrected chi connectivity index (χ1v) is 10.7. The highest BCUT2D eigenvalue weighted by Crippen LogP contribution is 2.50. The fourth-order valence-electron chi connectivity index (χ4n) is 3.86. The highest BCUT2D eigenvalue weighted by atomic mass is 19.4. The van der Waals surface area contributed by atoms with Crippen molar-refractivity contribution in [1.82, 2.24) is 18.7 Å². The van der Waals surface area contributed by atoms with Crippen molar-refractivity contribution in [1.29, 1.82) is 5.41 Å². The van der Waals surface area contributed by atoms with Gasteiger partial charge in [0, 0.05) is 32.8 Å². The van der Waals surface area contributed by atoms with Crippen LogP contribution in [0.1, 0.15) is 12.8 Å². The van der Waals surface area contributed by atoms with Gasteiger partial charge in [0.25, 0.3) is 5.56 Å². The summed E-state index contributed by atoms with van der Waals surface area (Å²) < 4.78 is 65.0. The minimum Gasteiger partial charge on any atom is -0.425 e. The fourth-order valence-corrected chi connectivity index (χ4v) is 3.86. The molecule has 0 bridgehead atoms. The van der Waals surface area contributed by atoms with Gasteiger partial charge in [0.05, 0.1) is 5.41 Å². The summed E-state index contributed by atoms with van der Waals surface area (Å²) in [7, 11) is 1.36. The second-order valence-corrected chi connectivity index (χ2v) is 8.21. The molecule has 14 heteroatoms. The number of allylic oxidation sites excluding steroid dienone is 2. The molecule has 0 saturated heterocycles. The molecule has 1 aromatic carbocycles. The number of aliphatic hydroxyl groups is 1. The number of nitrogens with zero attached hydrogens (tertiary/aromatic N) is 4. The molecule has 0 amide bonds. The van der Waals surface area contributed by atoms with Crippen molar-refractivity contribution in [2.45, 2.75) is 32.3 Å². The molecule has 0 radical (unpaired) electrons. The normalized spacial score (nSPS) is 17.2. The molecule has 2 aromatic heterocycles. The average Bonchev–Trinajstić information content (AvgIpc) is 3.28. The standard InChI is InChI=1S/C22H21F4N5O5/c1-29-17-16(18(33)30(20(29)34)8-3-9-32)31(12-21(6-7-27)11-15(21)23)19(28-17)35-13-4-2-5-14(10-13)36-22(24,25)26/h2,4-5,7,10-11,27,32H,3,6,8-9,12H2,1H3. The molecule has 1 atom stereocenters. The first-order chi connectivity index (χ1) is 17.0. The fraction of sp³-hybridized carbons (Fsp3) is 0.364. The Hall–Kier alpha value is -3.94. The van der Waals surface area contributed by atoms with Crippen molar-refractivity contribution in [3.8, 4) is 17.5 Å². The number of hydrogen-bond donors (Lipinski definition) is 2. The van der Waals surface area contributed by atoms with Crippen LogP contribution in [0, 0.1) is 10.8 Å². The lowest BCUT2D eigenvalue weighted by Gasteiger charge is -2.17. The molecular formula is C22H21F4N5O5. The topological polar surface area (TPSA) is 124 Å². The van der Waals surface area contributed by atoms with Crippen LogP contribution in [0.3, 0.4) is 0 Å². The molecule has 1 aliphatic rings. The zero-order valence-electron chi connectivity index (χ0n) is 18.9. The SMILES string of the molecule is Cn1c(=O)n(CCCO)c(=O)c2c1nc(Oc1cccc(OC(F)(F)F)c1)n2CC1(CC=N)C=C1F. The number of aromatic nitrogens is 4. The van der Waals surface area contributed by atoms with E-state index in [2.05, 4.69) is 9.72 Å². The summed E-state index contributed by atoms with van der Waals surface area (Å²) in [4.78, 5) is 30.3. The lowest BCUT2D eigenvalue weighted by Crippen LogP contribution is -2.40. The molecule has 0 aliphatic heterocycles. The Labute approximate surface area is 200 Å². The first-order valence-electron chi connectivity index (χ1n) is 10.7. The van der Waals surface area contributed by atoms with Crippen molar-refractivity contribution in [2.75, 3.05) is 6.61 Å². The van der Waals surface area contributed by atoms with Gasteiger partial charge < -0.3 is 20.0 Å². The van der Waals surface area contributed by atoms with Crippen molar-refractivity contribution in [3.05, 3.63) is 57.0 Å². The Bertz CT molecular complexity index is 1470. The van der Waals surface area contributed by atoms with E-state index in [1.54, 1.807) is 0 Å². The Balaban J connectivity index is 1.86. The van der Waals surface area contributed by atoms with Crippen LogP contribution < -0.4 is 20.7 Å². The van der Waals surface area contributed by atoms with Gasteiger partial charge in [-0.25, -0.2) is 9.18 Å². The van der Waals surface area contributed by atoms with Crippen LogP contribution in [0.15, 0.2) is 45.8 Å². The third-order valence-electron chi connectivity index (χ3n) is 5.69. The largest absolute Gasteiger partial charge is 0.573 e. The Morgan fingerprint density at radius 3 is 2.53 bits per heavy atom. The second-order valence-electron chi connectivity index (χ2n) is 8.21. The van der Waals surface area contributed by atoms with Crippen LogP contribution in [0.5, 0.6) is 17.5 Å². The Morgan fingerprint density at radius 2 is 1.92 bits per heavy atom. The number of aryl methyl sites for hydroxylation is 1. The van der Waals surface area contributed by atoms with Crippen LogP contribution in [-0.2, 0) is 20.1 Å². The summed E-state index contributed by atoms with van der Waals surface area (Å²) in [5.41, 5.74) is -2.86. The molecule has 2 N–H and O–H groups in total. The molecule has 3 aromatic rings. The highest BCUT2D eigenvalue weighted by molar-refractivity contribution is 5.72. The quantitative estimate of drug-likeness (QED) is 0.319. The maximum absolute atomic E-state index is 14.3. The number of hydrogen-bond acceptors (Lipinski definition) is 7. The van der Waals surface area contributed by atoms with E-state index in [4.69, 9.17) is 15.3 Å². The number of benzene rings is 1. The van der Waals surface area contributed by atoms with Gasteiger partial charge in [-0.2, -0.15) is 4.98 Å². The van der Waals surface area contributed by atoms with Gasteiger partial charge >= 0.3 is 18.1 Å². The number of alkyl halides is 3. The van der Waals surface area contributed by atoms with Gasteiger partial charge in [-0.05, 0) is 37.3 Å². The van der Waals surface area contributed by atoms with Crippen LogP contribution in [0.2, 0.25) is 0 Å². The minimum absolute atomic E-state index is 0.0165. The maximum atomic E-state index is 14.3. The van der Waals surface area contributed by atoms with Crippen molar-refractivity contribution in [3.63, 3.8) is 0 Å². The van der Waals surface area contributed by atoms with Gasteiger partial charge in [-0.1, -0.05) is 6.07 Å². The van der Waals surface area contributed by atoms with Crippen molar-refractivity contribution >= 4 is 17.4 Å². The van der Waals surface area contributed by atoms with Crippen molar-refractivity contribution < 1.29 is 32.1 Å². The molecule has 1 aliphatic carbocycles. The predicted molar refractivity (Wildman–Crippen MR) is 119 cm³/mol. The number of nitrogens with one attached hydrogen (secondary N) is 1. The smallest absolute Gasteiger partial charge is 0.425 e.